The van der Waals surface area contributed by atoms with Crippen molar-refractivity contribution in [3.63, 3.8) is 0 Å². The highest BCUT2D eigenvalue weighted by molar-refractivity contribution is 6.66. The van der Waals surface area contributed by atoms with Gasteiger partial charge in [-0.2, -0.15) is 0 Å². The fourth-order valence-electron chi connectivity index (χ4n) is 2.07. The maximum atomic E-state index is 6.00. The lowest BCUT2D eigenvalue weighted by Gasteiger charge is -2.32. The smallest absolute Gasteiger partial charge is 0.399 e. The van der Waals surface area contributed by atoms with Crippen LogP contribution in [0.1, 0.15) is 33.3 Å². The maximum Gasteiger partial charge on any atom is 0.495 e. The molecule has 92 valence electrons. The first-order chi connectivity index (χ1) is 8.55. The maximum absolute atomic E-state index is 6.00. The minimum Gasteiger partial charge on any atom is -0.399 e. The molecule has 0 saturated carbocycles. The SMILES string of the molecule is [B]C([B])([B])c1ccccc1B1OC(C)(C)C(C)(C)O1. The quantitative estimate of drug-likeness (QED) is 0.713. The van der Waals surface area contributed by atoms with Crippen LogP contribution in [0.2, 0.25) is 0 Å². The minimum absolute atomic E-state index is 0.411. The molecule has 0 N–H and O–H groups in total. The van der Waals surface area contributed by atoms with Crippen LogP contribution in [-0.4, -0.2) is 41.9 Å². The minimum atomic E-state index is -1.42. The zero-order valence-electron chi connectivity index (χ0n) is 11.9. The number of hydrogen-bond donors (Lipinski definition) is 0. The monoisotopic (exact) mass is 248 g/mol. The molecule has 1 saturated heterocycles. The van der Waals surface area contributed by atoms with Crippen LogP contribution in [0.3, 0.4) is 0 Å². The molecule has 0 aromatic heterocycles. The Hall–Kier alpha value is -0.600. The van der Waals surface area contributed by atoms with Gasteiger partial charge in [-0.25, -0.2) is 0 Å². The molecule has 2 rings (SSSR count). The summed E-state index contributed by atoms with van der Waals surface area (Å²) in [5.74, 6) is 0. The van der Waals surface area contributed by atoms with Gasteiger partial charge >= 0.3 is 7.12 Å². The van der Waals surface area contributed by atoms with Gasteiger partial charge in [0, 0.05) is 0 Å². The van der Waals surface area contributed by atoms with E-state index in [1.54, 1.807) is 6.07 Å². The largest absolute Gasteiger partial charge is 0.495 e. The van der Waals surface area contributed by atoms with Gasteiger partial charge in [0.1, 0.15) is 0 Å². The predicted molar refractivity (Wildman–Crippen MR) is 81.1 cm³/mol. The first-order valence-corrected chi connectivity index (χ1v) is 6.36. The number of hydrogen-bond acceptors (Lipinski definition) is 2. The molecule has 0 unspecified atom stereocenters. The number of rotatable bonds is 2. The summed E-state index contributed by atoms with van der Waals surface area (Å²) < 4.78 is 12.0. The van der Waals surface area contributed by atoms with Crippen molar-refractivity contribution in [2.24, 2.45) is 0 Å². The molecule has 19 heavy (non-hydrogen) atoms. The zero-order valence-corrected chi connectivity index (χ0v) is 11.9. The Balaban J connectivity index is 2.41. The van der Waals surface area contributed by atoms with Crippen LogP contribution in [-0.2, 0) is 14.4 Å². The van der Waals surface area contributed by atoms with Gasteiger partial charge in [-0.3, -0.25) is 0 Å². The second-order valence-corrected chi connectivity index (χ2v) is 6.11. The van der Waals surface area contributed by atoms with E-state index in [1.165, 1.54) is 0 Å². The summed E-state index contributed by atoms with van der Waals surface area (Å²) in [4.78, 5) is 0. The third kappa shape index (κ3) is 2.66. The molecule has 0 atom stereocenters. The molecule has 1 fully saturated rings. The topological polar surface area (TPSA) is 18.5 Å². The van der Waals surface area contributed by atoms with Gasteiger partial charge in [0.25, 0.3) is 0 Å². The summed E-state index contributed by atoms with van der Waals surface area (Å²) in [5, 5.41) is -1.42. The van der Waals surface area contributed by atoms with E-state index in [2.05, 4.69) is 0 Å². The van der Waals surface area contributed by atoms with E-state index in [-0.39, 0.29) is 0 Å². The highest BCUT2D eigenvalue weighted by Gasteiger charge is 2.52. The van der Waals surface area contributed by atoms with Gasteiger partial charge < -0.3 is 9.31 Å². The Bertz CT molecular complexity index is 464. The average Bonchev–Trinajstić information content (AvgIpc) is 2.47. The van der Waals surface area contributed by atoms with Gasteiger partial charge in [-0.15, -0.1) is 5.11 Å². The van der Waals surface area contributed by atoms with Crippen LogP contribution < -0.4 is 5.46 Å². The Morgan fingerprint density at radius 1 is 0.947 bits per heavy atom. The summed E-state index contributed by atoms with van der Waals surface area (Å²) in [7, 11) is 16.9. The van der Waals surface area contributed by atoms with E-state index in [9.17, 15) is 0 Å². The van der Waals surface area contributed by atoms with Gasteiger partial charge in [0.15, 0.2) is 0 Å². The Morgan fingerprint density at radius 2 is 1.42 bits per heavy atom. The second-order valence-electron chi connectivity index (χ2n) is 6.11. The van der Waals surface area contributed by atoms with Crippen LogP contribution in [0.4, 0.5) is 0 Å². The van der Waals surface area contributed by atoms with E-state index in [4.69, 9.17) is 32.8 Å². The highest BCUT2D eigenvalue weighted by atomic mass is 16.7. The van der Waals surface area contributed by atoms with Crippen LogP contribution in [0, 0.1) is 0 Å². The van der Waals surface area contributed by atoms with Crippen LogP contribution in [0.25, 0.3) is 0 Å². The van der Waals surface area contributed by atoms with E-state index >= 15 is 0 Å². The first-order valence-electron chi connectivity index (χ1n) is 6.36. The van der Waals surface area contributed by atoms with E-state index in [0.717, 1.165) is 5.46 Å². The molecular formula is C13H16B4O2. The lowest BCUT2D eigenvalue weighted by atomic mass is 9.38. The summed E-state index contributed by atoms with van der Waals surface area (Å²) in [6.07, 6.45) is 0. The second kappa shape index (κ2) is 4.46. The summed E-state index contributed by atoms with van der Waals surface area (Å²) in [5.41, 5.74) is 0.568. The van der Waals surface area contributed by atoms with Crippen LogP contribution >= 0.6 is 0 Å². The average molecular weight is 248 g/mol. The molecule has 1 aromatic rings. The molecule has 1 aliphatic rings. The third-order valence-corrected chi connectivity index (χ3v) is 3.93. The Kier molecular flexibility index (Phi) is 3.47. The predicted octanol–water partition coefficient (Wildman–Crippen LogP) is 0.602. The summed E-state index contributed by atoms with van der Waals surface area (Å²) in [6, 6.07) is 7.39. The molecule has 6 radical (unpaired) electrons. The van der Waals surface area contributed by atoms with Crippen molar-refractivity contribution in [2.45, 2.75) is 44.0 Å². The highest BCUT2D eigenvalue weighted by Crippen LogP contribution is 2.36. The standard InChI is InChI=1S/C13H16B4O2/c1-11(2)12(3,4)19-17(18-11)10-8-6-5-7-9(10)13(14,15)16/h5-8H,1-4H3. The molecular weight excluding hydrogens is 231 g/mol. The van der Waals surface area contributed by atoms with Crippen molar-refractivity contribution in [1.29, 1.82) is 0 Å². The van der Waals surface area contributed by atoms with Crippen molar-refractivity contribution in [2.75, 3.05) is 0 Å². The van der Waals surface area contributed by atoms with Crippen molar-refractivity contribution in [3.8, 4) is 0 Å². The Morgan fingerprint density at radius 3 is 1.89 bits per heavy atom. The van der Waals surface area contributed by atoms with Crippen molar-refractivity contribution >= 4 is 36.1 Å². The lowest BCUT2D eigenvalue weighted by Crippen LogP contribution is -2.43. The normalized spacial score (nSPS) is 21.6. The Labute approximate surface area is 120 Å². The van der Waals surface area contributed by atoms with E-state index < -0.39 is 23.4 Å². The van der Waals surface area contributed by atoms with Crippen LogP contribution in [0.15, 0.2) is 24.3 Å². The fraction of sp³-hybridized carbons (Fsp3) is 0.538. The molecule has 1 aromatic carbocycles. The third-order valence-electron chi connectivity index (χ3n) is 3.93. The zero-order chi connectivity index (χ0) is 14.5. The first kappa shape index (κ1) is 14.8. The van der Waals surface area contributed by atoms with Gasteiger partial charge in [-0.05, 0) is 33.2 Å². The molecule has 6 heteroatoms. The van der Waals surface area contributed by atoms with Crippen molar-refractivity contribution < 1.29 is 9.31 Å². The molecule has 0 amide bonds. The molecule has 0 aliphatic carbocycles. The number of benzene rings is 1. The molecule has 1 heterocycles. The molecule has 0 spiro atoms. The summed E-state index contributed by atoms with van der Waals surface area (Å²) in [6.45, 7) is 7.98. The van der Waals surface area contributed by atoms with Crippen LogP contribution in [0.5, 0.6) is 0 Å². The van der Waals surface area contributed by atoms with Crippen molar-refractivity contribution in [1.82, 2.24) is 0 Å². The fourth-order valence-corrected chi connectivity index (χ4v) is 2.07. The van der Waals surface area contributed by atoms with Crippen molar-refractivity contribution in [3.05, 3.63) is 29.8 Å². The van der Waals surface area contributed by atoms with Gasteiger partial charge in [-0.1, -0.05) is 29.8 Å². The molecule has 2 nitrogen and oxygen atoms in total. The van der Waals surface area contributed by atoms with Gasteiger partial charge in [0.05, 0.1) is 34.7 Å². The lowest BCUT2D eigenvalue weighted by molar-refractivity contribution is 0.00578. The summed E-state index contributed by atoms with van der Waals surface area (Å²) >= 11 is 0. The van der Waals surface area contributed by atoms with Gasteiger partial charge in [0.2, 0.25) is 0 Å². The molecule has 1 aliphatic heterocycles. The molecule has 0 bridgehead atoms. The van der Waals surface area contributed by atoms with E-state index in [0.29, 0.717) is 5.56 Å². The van der Waals surface area contributed by atoms with E-state index in [1.807, 2.05) is 45.9 Å².